The van der Waals surface area contributed by atoms with Gasteiger partial charge in [0.15, 0.2) is 0 Å². The van der Waals surface area contributed by atoms with Gasteiger partial charge in [-0.2, -0.15) is 0 Å². The third kappa shape index (κ3) is 1.76. The second-order valence-electron chi connectivity index (χ2n) is 4.55. The molecule has 2 heterocycles. The zero-order valence-electron chi connectivity index (χ0n) is 8.32. The van der Waals surface area contributed by atoms with Crippen molar-refractivity contribution in [3.63, 3.8) is 0 Å². The van der Waals surface area contributed by atoms with Gasteiger partial charge in [0.25, 0.3) is 0 Å². The van der Waals surface area contributed by atoms with Crippen molar-refractivity contribution in [1.82, 2.24) is 4.81 Å². The molecule has 4 heteroatoms. The van der Waals surface area contributed by atoms with Crippen LogP contribution in [0.15, 0.2) is 0 Å². The summed E-state index contributed by atoms with van der Waals surface area (Å²) in [7, 11) is -0.289. The minimum atomic E-state index is -0.289. The Morgan fingerprint density at radius 2 is 1.85 bits per heavy atom. The quantitative estimate of drug-likeness (QED) is 0.578. The van der Waals surface area contributed by atoms with Crippen molar-refractivity contribution >= 4 is 7.05 Å². The van der Waals surface area contributed by atoms with Gasteiger partial charge in [-0.3, -0.25) is 0 Å². The van der Waals surface area contributed by atoms with Crippen LogP contribution >= 0.6 is 0 Å². The number of piperidine rings is 2. The molecule has 3 nitrogen and oxygen atoms in total. The van der Waals surface area contributed by atoms with E-state index in [1.165, 1.54) is 19.3 Å². The number of nitrogens with zero attached hydrogens (tertiary/aromatic N) is 1. The minimum Gasteiger partial charge on any atom is -0.437 e. The van der Waals surface area contributed by atoms with E-state index in [-0.39, 0.29) is 7.05 Å². The van der Waals surface area contributed by atoms with Crippen molar-refractivity contribution in [1.29, 1.82) is 0 Å². The SMILES string of the molecule is CB(O)N1C2CCC[C@H]1CC(N)C2. The first-order valence-electron chi connectivity index (χ1n) is 5.39. The van der Waals surface area contributed by atoms with Crippen LogP contribution in [0.1, 0.15) is 32.1 Å². The summed E-state index contributed by atoms with van der Waals surface area (Å²) in [6.07, 6.45) is 5.89. The molecule has 0 aromatic rings. The molecule has 2 rings (SSSR count). The van der Waals surface area contributed by atoms with E-state index in [1.54, 1.807) is 0 Å². The van der Waals surface area contributed by atoms with Gasteiger partial charge in [-0.1, -0.05) is 6.42 Å². The smallest absolute Gasteiger partial charge is 0.376 e. The Hall–Kier alpha value is -0.0551. The molecule has 2 fully saturated rings. The van der Waals surface area contributed by atoms with Gasteiger partial charge in [0.1, 0.15) is 0 Å². The lowest BCUT2D eigenvalue weighted by atomic mass is 9.71. The molecule has 2 bridgehead atoms. The molecule has 0 spiro atoms. The summed E-state index contributed by atoms with van der Waals surface area (Å²) in [4.78, 5) is 2.27. The highest BCUT2D eigenvalue weighted by Gasteiger charge is 2.39. The van der Waals surface area contributed by atoms with E-state index >= 15 is 0 Å². The average Bonchev–Trinajstić information content (AvgIpc) is 2.01. The summed E-state index contributed by atoms with van der Waals surface area (Å²) < 4.78 is 0. The number of nitrogens with two attached hydrogens (primary N) is 1. The molecule has 0 aromatic carbocycles. The van der Waals surface area contributed by atoms with Crippen molar-refractivity contribution < 1.29 is 5.02 Å². The minimum absolute atomic E-state index is 0.289. The Morgan fingerprint density at radius 3 is 2.31 bits per heavy atom. The Balaban J connectivity index is 2.10. The second-order valence-corrected chi connectivity index (χ2v) is 4.55. The molecule has 0 saturated carbocycles. The molecule has 3 atom stereocenters. The number of hydrogen-bond donors (Lipinski definition) is 2. The highest BCUT2D eigenvalue weighted by molar-refractivity contribution is 6.45. The van der Waals surface area contributed by atoms with Crippen LogP contribution in [0.3, 0.4) is 0 Å². The monoisotopic (exact) mass is 182 g/mol. The molecule has 2 unspecified atom stereocenters. The predicted molar refractivity (Wildman–Crippen MR) is 54.3 cm³/mol. The summed E-state index contributed by atoms with van der Waals surface area (Å²) in [5.41, 5.74) is 5.98. The second kappa shape index (κ2) is 3.60. The van der Waals surface area contributed by atoms with E-state index in [2.05, 4.69) is 4.81 Å². The van der Waals surface area contributed by atoms with Crippen molar-refractivity contribution in [2.75, 3.05) is 0 Å². The third-order valence-corrected chi connectivity index (χ3v) is 3.50. The van der Waals surface area contributed by atoms with E-state index in [0.717, 1.165) is 12.8 Å². The Morgan fingerprint density at radius 1 is 1.31 bits per heavy atom. The molecule has 0 aliphatic carbocycles. The predicted octanol–water partition coefficient (Wildman–Crippen LogP) is 0.441. The summed E-state index contributed by atoms with van der Waals surface area (Å²) in [5, 5.41) is 9.65. The Bertz CT molecular complexity index is 174. The van der Waals surface area contributed by atoms with Crippen molar-refractivity contribution in [3.8, 4) is 0 Å². The summed E-state index contributed by atoms with van der Waals surface area (Å²) in [6.45, 7) is 1.88. The Labute approximate surface area is 80.4 Å². The maximum atomic E-state index is 9.65. The lowest BCUT2D eigenvalue weighted by Gasteiger charge is -2.49. The summed E-state index contributed by atoms with van der Waals surface area (Å²) in [5.74, 6) is 0. The molecular weight excluding hydrogens is 163 g/mol. The number of hydrogen-bond acceptors (Lipinski definition) is 3. The van der Waals surface area contributed by atoms with Gasteiger partial charge in [0, 0.05) is 18.1 Å². The fourth-order valence-corrected chi connectivity index (χ4v) is 3.07. The molecule has 2 saturated heterocycles. The maximum absolute atomic E-state index is 9.65. The van der Waals surface area contributed by atoms with Gasteiger partial charge in [-0.05, 0) is 32.5 Å². The molecular formula is C9H19BN2O. The zero-order chi connectivity index (χ0) is 9.42. The van der Waals surface area contributed by atoms with Gasteiger partial charge in [-0.15, -0.1) is 0 Å². The van der Waals surface area contributed by atoms with Crippen LogP contribution in [-0.2, 0) is 0 Å². The first-order valence-corrected chi connectivity index (χ1v) is 5.39. The highest BCUT2D eigenvalue weighted by Crippen LogP contribution is 2.33. The molecule has 0 amide bonds. The van der Waals surface area contributed by atoms with Crippen LogP contribution in [0.25, 0.3) is 0 Å². The third-order valence-electron chi connectivity index (χ3n) is 3.50. The highest BCUT2D eigenvalue weighted by atomic mass is 16.2. The maximum Gasteiger partial charge on any atom is 0.376 e. The lowest BCUT2D eigenvalue weighted by molar-refractivity contribution is 0.0923. The van der Waals surface area contributed by atoms with Crippen molar-refractivity contribution in [2.24, 2.45) is 5.73 Å². The van der Waals surface area contributed by atoms with Gasteiger partial charge < -0.3 is 15.6 Å². The zero-order valence-corrected chi connectivity index (χ0v) is 8.32. The van der Waals surface area contributed by atoms with Gasteiger partial charge >= 0.3 is 7.05 Å². The van der Waals surface area contributed by atoms with Gasteiger partial charge in [0.2, 0.25) is 0 Å². The van der Waals surface area contributed by atoms with Crippen molar-refractivity contribution in [3.05, 3.63) is 0 Å². The number of rotatable bonds is 1. The van der Waals surface area contributed by atoms with Crippen LogP contribution in [0.2, 0.25) is 6.82 Å². The summed E-state index contributed by atoms with van der Waals surface area (Å²) in [6, 6.07) is 1.45. The molecule has 0 aromatic heterocycles. The first-order chi connectivity index (χ1) is 6.18. The topological polar surface area (TPSA) is 49.5 Å². The van der Waals surface area contributed by atoms with E-state index < -0.39 is 0 Å². The van der Waals surface area contributed by atoms with Gasteiger partial charge in [-0.25, -0.2) is 0 Å². The van der Waals surface area contributed by atoms with E-state index in [0.29, 0.717) is 18.1 Å². The first kappa shape index (κ1) is 9.50. The molecule has 2 aliphatic heterocycles. The molecule has 74 valence electrons. The molecule has 0 radical (unpaired) electrons. The number of fused-ring (bicyclic) bond motifs is 2. The van der Waals surface area contributed by atoms with Crippen LogP contribution < -0.4 is 5.73 Å². The van der Waals surface area contributed by atoms with E-state index in [9.17, 15) is 5.02 Å². The van der Waals surface area contributed by atoms with Crippen molar-refractivity contribution in [2.45, 2.75) is 57.1 Å². The molecule has 13 heavy (non-hydrogen) atoms. The molecule has 2 aliphatic rings. The van der Waals surface area contributed by atoms with E-state index in [4.69, 9.17) is 5.73 Å². The van der Waals surface area contributed by atoms with E-state index in [1.807, 2.05) is 6.82 Å². The van der Waals surface area contributed by atoms with Crippen LogP contribution in [0.4, 0.5) is 0 Å². The van der Waals surface area contributed by atoms with Crippen LogP contribution in [0.5, 0.6) is 0 Å². The van der Waals surface area contributed by atoms with Crippen LogP contribution in [0, 0.1) is 0 Å². The fraction of sp³-hybridized carbons (Fsp3) is 1.00. The molecule has 3 N–H and O–H groups in total. The fourth-order valence-electron chi connectivity index (χ4n) is 3.07. The average molecular weight is 182 g/mol. The van der Waals surface area contributed by atoms with Crippen LogP contribution in [-0.4, -0.2) is 35.0 Å². The Kier molecular flexibility index (Phi) is 2.63. The lowest BCUT2D eigenvalue weighted by Crippen LogP contribution is -2.59. The summed E-state index contributed by atoms with van der Waals surface area (Å²) >= 11 is 0. The largest absolute Gasteiger partial charge is 0.437 e. The normalized spacial score (nSPS) is 40.4. The van der Waals surface area contributed by atoms with Gasteiger partial charge in [0.05, 0.1) is 0 Å². The standard InChI is InChI=1S/C9H19BN2O/c1-10(13)12-8-3-2-4-9(12)6-7(11)5-8/h7-9,13H,2-6,11H2,1H3/t7?,8-,9?/m0/s1.